The molecule has 0 saturated heterocycles. The molecule has 6 heavy (non-hydrogen) atoms. The van der Waals surface area contributed by atoms with Crippen LogP contribution in [0.4, 0.5) is 0 Å². The zero-order valence-electron chi connectivity index (χ0n) is 4.31. The summed E-state index contributed by atoms with van der Waals surface area (Å²) in [7, 11) is 0. The first-order valence-corrected chi connectivity index (χ1v) is 2.15. The summed E-state index contributed by atoms with van der Waals surface area (Å²) in [5, 5.41) is 0. The Bertz CT molecular complexity index is 26.5. The van der Waals surface area contributed by atoms with E-state index in [2.05, 4.69) is 0 Å². The van der Waals surface area contributed by atoms with Gasteiger partial charge < -0.3 is 11.5 Å². The van der Waals surface area contributed by atoms with E-state index in [9.17, 15) is 0 Å². The maximum atomic E-state index is 5.31. The Labute approximate surface area is 38.5 Å². The van der Waals surface area contributed by atoms with Gasteiger partial charge in [-0.2, -0.15) is 0 Å². The van der Waals surface area contributed by atoms with Gasteiger partial charge in [0.15, 0.2) is 0 Å². The van der Waals surface area contributed by atoms with Crippen LogP contribution in [0, 0.1) is 0 Å². The average Bonchev–Trinajstić information content (AvgIpc) is 1.36. The van der Waals surface area contributed by atoms with Crippen LogP contribution in [0.5, 0.6) is 0 Å². The topological polar surface area (TPSA) is 52.0 Å². The first-order chi connectivity index (χ1) is 2.64. The first kappa shape index (κ1) is 5.92. The lowest BCUT2D eigenvalue weighted by molar-refractivity contribution is 0.603. The molecular weight excluding hydrogens is 76.1 g/mol. The molecule has 0 fully saturated rings. The van der Waals surface area contributed by atoms with E-state index in [0.717, 1.165) is 0 Å². The summed E-state index contributed by atoms with van der Waals surface area (Å²) < 4.78 is 0. The Kier molecular flexibility index (Phi) is 2.13. The van der Waals surface area contributed by atoms with E-state index in [-0.39, 0.29) is 12.1 Å². The van der Waals surface area contributed by atoms with Crippen LogP contribution in [0.15, 0.2) is 0 Å². The zero-order chi connectivity index (χ0) is 5.15. The molecule has 2 nitrogen and oxygen atoms in total. The van der Waals surface area contributed by atoms with E-state index in [4.69, 9.17) is 11.5 Å². The van der Waals surface area contributed by atoms with Crippen molar-refractivity contribution < 1.29 is 0 Å². The summed E-state index contributed by atoms with van der Waals surface area (Å²) in [6, 6.07) is 0.259. The quantitative estimate of drug-likeness (QED) is 0.461. The Morgan fingerprint density at radius 3 is 1.17 bits per heavy atom. The fraction of sp³-hybridized carbons (Fsp3) is 1.00. The first-order valence-electron chi connectivity index (χ1n) is 2.15. The van der Waals surface area contributed by atoms with Crippen molar-refractivity contribution in [3.63, 3.8) is 0 Å². The number of rotatable bonds is 1. The molecule has 0 amide bonds. The van der Waals surface area contributed by atoms with Crippen LogP contribution in [0.3, 0.4) is 0 Å². The van der Waals surface area contributed by atoms with Gasteiger partial charge in [0.1, 0.15) is 0 Å². The molecule has 0 spiro atoms. The lowest BCUT2D eigenvalue weighted by Gasteiger charge is -2.06. The molecule has 2 heteroatoms. The van der Waals surface area contributed by atoms with Crippen LogP contribution in [-0.2, 0) is 0 Å². The highest BCUT2D eigenvalue weighted by molar-refractivity contribution is 4.63. The minimum Gasteiger partial charge on any atom is -0.327 e. The summed E-state index contributed by atoms with van der Waals surface area (Å²) in [5.74, 6) is 0. The van der Waals surface area contributed by atoms with Gasteiger partial charge in [0, 0.05) is 12.1 Å². The standard InChI is InChI=1S/C4H12N2/c1-3(5)4(2)6/h3-4H,5-6H2,1-2H3/t3-,4-/m1/s1. The second-order valence-corrected chi connectivity index (χ2v) is 1.72. The van der Waals surface area contributed by atoms with Gasteiger partial charge in [0.05, 0.1) is 0 Å². The molecule has 0 saturated carbocycles. The Morgan fingerprint density at radius 1 is 1.00 bits per heavy atom. The predicted octanol–water partition coefficient (Wildman–Crippen LogP) is -0.319. The molecule has 0 rings (SSSR count). The van der Waals surface area contributed by atoms with Crippen molar-refractivity contribution >= 4 is 0 Å². The van der Waals surface area contributed by atoms with Gasteiger partial charge >= 0.3 is 0 Å². The monoisotopic (exact) mass is 88.1 g/mol. The lowest BCUT2D eigenvalue weighted by atomic mass is 10.2. The minimum absolute atomic E-state index is 0.130. The van der Waals surface area contributed by atoms with E-state index in [1.807, 2.05) is 13.8 Å². The second-order valence-electron chi connectivity index (χ2n) is 1.72. The van der Waals surface area contributed by atoms with Gasteiger partial charge in [-0.3, -0.25) is 0 Å². The van der Waals surface area contributed by atoms with E-state index >= 15 is 0 Å². The molecular formula is C4H12N2. The van der Waals surface area contributed by atoms with Gasteiger partial charge in [-0.05, 0) is 13.8 Å². The highest BCUT2D eigenvalue weighted by atomic mass is 14.7. The highest BCUT2D eigenvalue weighted by Crippen LogP contribution is 1.77. The molecule has 0 aliphatic heterocycles. The fourth-order valence-corrected chi connectivity index (χ4v) is 0. The lowest BCUT2D eigenvalue weighted by Crippen LogP contribution is -2.35. The summed E-state index contributed by atoms with van der Waals surface area (Å²) in [4.78, 5) is 0. The molecule has 0 bridgehead atoms. The molecule has 0 aliphatic carbocycles. The Balaban J connectivity index is 2.99. The largest absolute Gasteiger partial charge is 0.327 e. The Hall–Kier alpha value is -0.0800. The molecule has 0 unspecified atom stereocenters. The number of hydrogen-bond acceptors (Lipinski definition) is 2. The summed E-state index contributed by atoms with van der Waals surface area (Å²) in [6.45, 7) is 3.79. The zero-order valence-corrected chi connectivity index (χ0v) is 4.31. The predicted molar refractivity (Wildman–Crippen MR) is 27.3 cm³/mol. The third-order valence-corrected chi connectivity index (χ3v) is 0.829. The van der Waals surface area contributed by atoms with Crippen molar-refractivity contribution in [1.82, 2.24) is 0 Å². The van der Waals surface area contributed by atoms with Crippen molar-refractivity contribution in [3.05, 3.63) is 0 Å². The molecule has 4 N–H and O–H groups in total. The minimum atomic E-state index is 0.130. The maximum absolute atomic E-state index is 5.31. The molecule has 2 atom stereocenters. The third kappa shape index (κ3) is 2.18. The van der Waals surface area contributed by atoms with Crippen LogP contribution < -0.4 is 11.5 Å². The van der Waals surface area contributed by atoms with Gasteiger partial charge in [0.25, 0.3) is 0 Å². The van der Waals surface area contributed by atoms with E-state index in [0.29, 0.717) is 0 Å². The summed E-state index contributed by atoms with van der Waals surface area (Å²) >= 11 is 0. The van der Waals surface area contributed by atoms with Gasteiger partial charge in [-0.1, -0.05) is 0 Å². The van der Waals surface area contributed by atoms with Crippen molar-refractivity contribution in [2.45, 2.75) is 25.9 Å². The van der Waals surface area contributed by atoms with E-state index < -0.39 is 0 Å². The SMILES string of the molecule is C[C@@H](N)[C@@H](C)N. The summed E-state index contributed by atoms with van der Waals surface area (Å²) in [5.41, 5.74) is 10.6. The van der Waals surface area contributed by atoms with Crippen LogP contribution >= 0.6 is 0 Å². The molecule has 0 aromatic carbocycles. The highest BCUT2D eigenvalue weighted by Gasteiger charge is 1.96. The number of hydrogen-bond donors (Lipinski definition) is 2. The average molecular weight is 88.2 g/mol. The van der Waals surface area contributed by atoms with Crippen LogP contribution in [-0.4, -0.2) is 12.1 Å². The van der Waals surface area contributed by atoms with Crippen molar-refractivity contribution in [3.8, 4) is 0 Å². The normalized spacial score (nSPS) is 20.0. The van der Waals surface area contributed by atoms with Gasteiger partial charge in [-0.15, -0.1) is 0 Å². The molecule has 0 aromatic heterocycles. The molecule has 0 aromatic rings. The fourth-order valence-electron chi connectivity index (χ4n) is 0. The van der Waals surface area contributed by atoms with E-state index in [1.54, 1.807) is 0 Å². The molecule has 0 heterocycles. The van der Waals surface area contributed by atoms with E-state index in [1.165, 1.54) is 0 Å². The number of nitrogens with two attached hydrogens (primary N) is 2. The van der Waals surface area contributed by atoms with Gasteiger partial charge in [0.2, 0.25) is 0 Å². The molecule has 38 valence electrons. The van der Waals surface area contributed by atoms with Crippen molar-refractivity contribution in [1.29, 1.82) is 0 Å². The maximum Gasteiger partial charge on any atom is 0.0160 e. The van der Waals surface area contributed by atoms with Gasteiger partial charge in [-0.25, -0.2) is 0 Å². The molecule has 0 aliphatic rings. The van der Waals surface area contributed by atoms with Crippen LogP contribution in [0.1, 0.15) is 13.8 Å². The third-order valence-electron chi connectivity index (χ3n) is 0.829. The second kappa shape index (κ2) is 2.16. The van der Waals surface area contributed by atoms with Crippen LogP contribution in [0.2, 0.25) is 0 Å². The van der Waals surface area contributed by atoms with Crippen molar-refractivity contribution in [2.75, 3.05) is 0 Å². The smallest absolute Gasteiger partial charge is 0.0160 e. The Morgan fingerprint density at radius 2 is 1.17 bits per heavy atom. The van der Waals surface area contributed by atoms with Crippen molar-refractivity contribution in [2.24, 2.45) is 11.5 Å². The molecule has 0 radical (unpaired) electrons. The van der Waals surface area contributed by atoms with Crippen LogP contribution in [0.25, 0.3) is 0 Å². The summed E-state index contributed by atoms with van der Waals surface area (Å²) in [6.07, 6.45) is 0.